The highest BCUT2D eigenvalue weighted by atomic mass is 15.3. The van der Waals surface area contributed by atoms with Gasteiger partial charge in [-0.1, -0.05) is 13.8 Å². The second-order valence-electron chi connectivity index (χ2n) is 4.29. The van der Waals surface area contributed by atoms with Crippen molar-refractivity contribution in [2.24, 2.45) is 21.6 Å². The summed E-state index contributed by atoms with van der Waals surface area (Å²) in [6.45, 7) is 4.90. The Morgan fingerprint density at radius 3 is 1.93 bits per heavy atom. The molecule has 0 aliphatic rings. The molecule has 0 aromatic carbocycles. The molecule has 0 saturated heterocycles. The summed E-state index contributed by atoms with van der Waals surface area (Å²) in [5, 5.41) is 0. The van der Waals surface area contributed by atoms with Gasteiger partial charge in [-0.3, -0.25) is 4.99 Å². The summed E-state index contributed by atoms with van der Waals surface area (Å²) >= 11 is 0. The molecule has 0 radical (unpaired) electrons. The van der Waals surface area contributed by atoms with Gasteiger partial charge in [-0.25, -0.2) is 0 Å². The fourth-order valence-electron chi connectivity index (χ4n) is 1.01. The van der Waals surface area contributed by atoms with Crippen LogP contribution in [0.2, 0.25) is 0 Å². The second-order valence-corrected chi connectivity index (χ2v) is 4.29. The van der Waals surface area contributed by atoms with Gasteiger partial charge in [0, 0.05) is 34.7 Å². The van der Waals surface area contributed by atoms with Crippen LogP contribution in [-0.4, -0.2) is 56.5 Å². The zero-order chi connectivity index (χ0) is 12.0. The molecular weight excluding hydrogens is 190 g/mol. The van der Waals surface area contributed by atoms with Gasteiger partial charge in [0.15, 0.2) is 0 Å². The van der Waals surface area contributed by atoms with Crippen LogP contribution in [0.1, 0.15) is 13.8 Å². The highest BCUT2D eigenvalue weighted by Gasteiger charge is 2.04. The molecule has 0 amide bonds. The summed E-state index contributed by atoms with van der Waals surface area (Å²) < 4.78 is 0. The number of guanidine groups is 2. The van der Waals surface area contributed by atoms with Crippen LogP contribution in [0.3, 0.4) is 0 Å². The van der Waals surface area contributed by atoms with Crippen molar-refractivity contribution >= 4 is 11.9 Å². The summed E-state index contributed by atoms with van der Waals surface area (Å²) in [5.74, 6) is 1.63. The molecule has 88 valence electrons. The van der Waals surface area contributed by atoms with Gasteiger partial charge in [-0.05, 0) is 5.92 Å². The highest BCUT2D eigenvalue weighted by molar-refractivity contribution is 5.93. The third-order valence-corrected chi connectivity index (χ3v) is 1.63. The monoisotopic (exact) mass is 213 g/mol. The molecule has 0 rings (SSSR count). The van der Waals surface area contributed by atoms with Crippen molar-refractivity contribution in [3.8, 4) is 0 Å². The van der Waals surface area contributed by atoms with Crippen molar-refractivity contribution in [3.63, 3.8) is 0 Å². The highest BCUT2D eigenvalue weighted by Crippen LogP contribution is 1.93. The Hall–Kier alpha value is -1.26. The summed E-state index contributed by atoms with van der Waals surface area (Å²) in [7, 11) is 7.70. The zero-order valence-corrected chi connectivity index (χ0v) is 10.7. The normalized spacial score (nSPS) is 11.5. The van der Waals surface area contributed by atoms with E-state index in [4.69, 9.17) is 5.73 Å². The second kappa shape index (κ2) is 6.27. The summed E-state index contributed by atoms with van der Waals surface area (Å²) in [4.78, 5) is 12.2. The van der Waals surface area contributed by atoms with E-state index < -0.39 is 0 Å². The van der Waals surface area contributed by atoms with Crippen molar-refractivity contribution in [2.45, 2.75) is 13.8 Å². The number of nitrogens with two attached hydrogens (primary N) is 1. The van der Waals surface area contributed by atoms with E-state index in [1.54, 1.807) is 0 Å². The van der Waals surface area contributed by atoms with Crippen molar-refractivity contribution in [1.29, 1.82) is 0 Å². The van der Waals surface area contributed by atoms with Crippen LogP contribution in [0.25, 0.3) is 0 Å². The Morgan fingerprint density at radius 1 is 1.13 bits per heavy atom. The SMILES string of the molecule is CC(C)CN=C(N)N=C(N(C)C)N(C)C. The van der Waals surface area contributed by atoms with Crippen LogP contribution < -0.4 is 5.73 Å². The molecule has 5 heteroatoms. The van der Waals surface area contributed by atoms with E-state index in [0.29, 0.717) is 18.4 Å². The summed E-state index contributed by atoms with van der Waals surface area (Å²) in [6, 6.07) is 0. The molecule has 0 fully saturated rings. The van der Waals surface area contributed by atoms with Crippen molar-refractivity contribution in [1.82, 2.24) is 9.80 Å². The van der Waals surface area contributed by atoms with Crippen molar-refractivity contribution < 1.29 is 0 Å². The fraction of sp³-hybridized carbons (Fsp3) is 0.800. The molecule has 0 aromatic rings. The van der Waals surface area contributed by atoms with E-state index >= 15 is 0 Å². The van der Waals surface area contributed by atoms with Gasteiger partial charge in [-0.15, -0.1) is 0 Å². The zero-order valence-electron chi connectivity index (χ0n) is 10.7. The van der Waals surface area contributed by atoms with Crippen molar-refractivity contribution in [2.75, 3.05) is 34.7 Å². The van der Waals surface area contributed by atoms with E-state index in [1.807, 2.05) is 38.0 Å². The molecule has 5 nitrogen and oxygen atoms in total. The quantitative estimate of drug-likeness (QED) is 0.535. The Balaban J connectivity index is 4.60. The minimum Gasteiger partial charge on any atom is -0.368 e. The van der Waals surface area contributed by atoms with Crippen LogP contribution in [0.15, 0.2) is 9.98 Å². The number of hydrogen-bond donors (Lipinski definition) is 1. The van der Waals surface area contributed by atoms with Crippen LogP contribution >= 0.6 is 0 Å². The predicted molar refractivity (Wildman–Crippen MR) is 66.1 cm³/mol. The molecule has 2 N–H and O–H groups in total. The van der Waals surface area contributed by atoms with Crippen LogP contribution in [0.4, 0.5) is 0 Å². The Bertz CT molecular complexity index is 230. The molecule has 15 heavy (non-hydrogen) atoms. The fourth-order valence-corrected chi connectivity index (χ4v) is 1.01. The molecule has 0 bridgehead atoms. The van der Waals surface area contributed by atoms with Crippen LogP contribution in [-0.2, 0) is 0 Å². The first kappa shape index (κ1) is 13.7. The lowest BCUT2D eigenvalue weighted by Gasteiger charge is -2.22. The third-order valence-electron chi connectivity index (χ3n) is 1.63. The Morgan fingerprint density at radius 2 is 1.60 bits per heavy atom. The Kier molecular flexibility index (Phi) is 5.74. The van der Waals surface area contributed by atoms with Crippen LogP contribution in [0, 0.1) is 5.92 Å². The lowest BCUT2D eigenvalue weighted by molar-refractivity contribution is 0.485. The number of nitrogens with zero attached hydrogens (tertiary/aromatic N) is 4. The third kappa shape index (κ3) is 5.93. The van der Waals surface area contributed by atoms with E-state index in [-0.39, 0.29) is 0 Å². The Labute approximate surface area is 92.7 Å². The standard InChI is InChI=1S/C10H23N5/c1-8(2)7-12-9(11)13-10(14(3)4)15(5)6/h8H,7H2,1-6H3,(H2,11,12). The minimum absolute atomic E-state index is 0.334. The van der Waals surface area contributed by atoms with E-state index in [0.717, 1.165) is 5.96 Å². The smallest absolute Gasteiger partial charge is 0.218 e. The number of aliphatic imine (C=N–C) groups is 2. The molecule has 0 saturated carbocycles. The maximum Gasteiger partial charge on any atom is 0.218 e. The molecule has 0 aliphatic carbocycles. The maximum absolute atomic E-state index is 5.71. The lowest BCUT2D eigenvalue weighted by atomic mass is 10.2. The van der Waals surface area contributed by atoms with Gasteiger partial charge < -0.3 is 15.5 Å². The molecule has 0 aromatic heterocycles. The predicted octanol–water partition coefficient (Wildman–Crippen LogP) is 0.436. The molecule has 0 spiro atoms. The number of rotatable bonds is 2. The minimum atomic E-state index is 0.334. The van der Waals surface area contributed by atoms with E-state index in [1.165, 1.54) is 0 Å². The molecule has 0 aliphatic heterocycles. The first-order chi connectivity index (χ1) is 6.84. The van der Waals surface area contributed by atoms with Gasteiger partial charge in [-0.2, -0.15) is 4.99 Å². The first-order valence-corrected chi connectivity index (χ1v) is 5.07. The lowest BCUT2D eigenvalue weighted by Crippen LogP contribution is -2.37. The van der Waals surface area contributed by atoms with Crippen molar-refractivity contribution in [3.05, 3.63) is 0 Å². The molecule has 0 unspecified atom stereocenters. The molecular formula is C10H23N5. The van der Waals surface area contributed by atoms with Crippen LogP contribution in [0.5, 0.6) is 0 Å². The van der Waals surface area contributed by atoms with Gasteiger partial charge in [0.2, 0.25) is 11.9 Å². The van der Waals surface area contributed by atoms with Gasteiger partial charge in [0.05, 0.1) is 0 Å². The maximum atomic E-state index is 5.71. The largest absolute Gasteiger partial charge is 0.368 e. The van der Waals surface area contributed by atoms with Gasteiger partial charge in [0.25, 0.3) is 0 Å². The topological polar surface area (TPSA) is 57.2 Å². The van der Waals surface area contributed by atoms with E-state index in [2.05, 4.69) is 23.8 Å². The van der Waals surface area contributed by atoms with Gasteiger partial charge in [0.1, 0.15) is 0 Å². The summed E-state index contributed by atoms with van der Waals surface area (Å²) in [6.07, 6.45) is 0. The van der Waals surface area contributed by atoms with Gasteiger partial charge >= 0.3 is 0 Å². The first-order valence-electron chi connectivity index (χ1n) is 5.07. The summed E-state index contributed by atoms with van der Waals surface area (Å²) in [5.41, 5.74) is 5.71. The molecule has 0 atom stereocenters. The average molecular weight is 213 g/mol. The van der Waals surface area contributed by atoms with E-state index in [9.17, 15) is 0 Å². The molecule has 0 heterocycles. The average Bonchev–Trinajstić information content (AvgIpc) is 2.09. The number of hydrogen-bond acceptors (Lipinski definition) is 1.